The summed E-state index contributed by atoms with van der Waals surface area (Å²) in [4.78, 5) is 7.97. The normalized spacial score (nSPS) is 14.3. The fourth-order valence-corrected chi connectivity index (χ4v) is 6.48. The molecule has 11 heteroatoms. The summed E-state index contributed by atoms with van der Waals surface area (Å²) < 4.78 is 59.6. The van der Waals surface area contributed by atoms with Crippen LogP contribution < -0.4 is 10.0 Å². The lowest BCUT2D eigenvalue weighted by Gasteiger charge is -2.18. The summed E-state index contributed by atoms with van der Waals surface area (Å²) in [6.45, 7) is 9.06. The molecule has 5 rings (SSSR count). The van der Waals surface area contributed by atoms with E-state index < -0.39 is 25.4 Å². The van der Waals surface area contributed by atoms with Crippen LogP contribution in [0.1, 0.15) is 55.4 Å². The van der Waals surface area contributed by atoms with Crippen molar-refractivity contribution in [2.45, 2.75) is 52.5 Å². The molecule has 2 aromatic heterocycles. The highest BCUT2D eigenvalue weighted by Gasteiger charge is 2.34. The van der Waals surface area contributed by atoms with Crippen LogP contribution in [0, 0.1) is 6.92 Å². The zero-order chi connectivity index (χ0) is 31.1. The molecule has 0 aliphatic rings. The van der Waals surface area contributed by atoms with Crippen molar-refractivity contribution < 1.29 is 27.6 Å². The number of ether oxygens (including phenoxy) is 1. The summed E-state index contributed by atoms with van der Waals surface area (Å²) in [7, 11) is -2.87. The minimum atomic E-state index is -4.96. The Bertz CT molecular complexity index is 1810. The Labute approximate surface area is 248 Å². The molecule has 2 heterocycles. The zero-order valence-electron chi connectivity index (χ0n) is 24.6. The number of fused-ring (bicyclic) bond motifs is 1. The number of aliphatic hydroxyl groups excluding tert-OH is 1. The summed E-state index contributed by atoms with van der Waals surface area (Å²) in [5.74, 6) is -0.106. The molecule has 0 aliphatic heterocycles. The molecule has 0 spiro atoms. The van der Waals surface area contributed by atoms with E-state index in [1.165, 1.54) is 16.8 Å². The van der Waals surface area contributed by atoms with Gasteiger partial charge in [0.05, 0.1) is 16.7 Å². The van der Waals surface area contributed by atoms with Crippen LogP contribution in [-0.4, -0.2) is 44.0 Å². The second-order valence-electron chi connectivity index (χ2n) is 11.1. The molecule has 3 aromatic carbocycles. The predicted octanol–water partition coefficient (Wildman–Crippen LogP) is 7.66. The second-order valence-corrected chi connectivity index (χ2v) is 14.4. The minimum absolute atomic E-state index is 0.0386. The van der Waals surface area contributed by atoms with Gasteiger partial charge in [-0.25, -0.2) is 9.67 Å². The highest BCUT2D eigenvalue weighted by atomic mass is 31.2. The molecule has 0 unspecified atom stereocenters. The molecule has 0 aliphatic carbocycles. The first-order valence-electron chi connectivity index (χ1n) is 14.1. The summed E-state index contributed by atoms with van der Waals surface area (Å²) in [6, 6.07) is 19.4. The van der Waals surface area contributed by atoms with Crippen LogP contribution in [0.25, 0.3) is 28.0 Å². The van der Waals surface area contributed by atoms with Crippen molar-refractivity contribution in [3.63, 3.8) is 0 Å². The number of benzene rings is 3. The van der Waals surface area contributed by atoms with Crippen molar-refractivity contribution in [3.05, 3.63) is 89.4 Å². The van der Waals surface area contributed by atoms with Gasteiger partial charge in [0, 0.05) is 34.7 Å². The third kappa shape index (κ3) is 6.26. The van der Waals surface area contributed by atoms with Gasteiger partial charge >= 0.3 is 6.36 Å². The van der Waals surface area contributed by atoms with Gasteiger partial charge in [-0.2, -0.15) is 5.10 Å². The third-order valence-electron chi connectivity index (χ3n) is 7.66. The van der Waals surface area contributed by atoms with Crippen molar-refractivity contribution in [1.29, 1.82) is 0 Å². The number of halogens is 3. The van der Waals surface area contributed by atoms with Crippen LogP contribution in [0.4, 0.5) is 13.2 Å². The van der Waals surface area contributed by atoms with E-state index in [4.69, 9.17) is 10.1 Å². The topological polar surface area (TPSA) is 93.0 Å². The summed E-state index contributed by atoms with van der Waals surface area (Å²) in [5.41, 5.74) is 5.04. The van der Waals surface area contributed by atoms with E-state index >= 15 is 0 Å². The first kappa shape index (κ1) is 30.6. The Kier molecular flexibility index (Phi) is 8.29. The number of nitrogens with zero attached hydrogens (tertiary/aromatic N) is 3. The van der Waals surface area contributed by atoms with Gasteiger partial charge in [0.25, 0.3) is 0 Å². The van der Waals surface area contributed by atoms with Crippen molar-refractivity contribution in [2.24, 2.45) is 0 Å². The summed E-state index contributed by atoms with van der Waals surface area (Å²) >= 11 is 0. The third-order valence-corrected chi connectivity index (χ3v) is 10.2. The molecule has 5 aromatic rings. The van der Waals surface area contributed by atoms with Crippen LogP contribution in [0.2, 0.25) is 0 Å². The predicted molar refractivity (Wildman–Crippen MR) is 163 cm³/mol. The molecule has 2 atom stereocenters. The number of aromatic amines is 1. The molecule has 0 bridgehead atoms. The van der Waals surface area contributed by atoms with Gasteiger partial charge in [-0.15, -0.1) is 13.2 Å². The second kappa shape index (κ2) is 11.7. The highest BCUT2D eigenvalue weighted by Crippen LogP contribution is 2.43. The average molecular weight is 611 g/mol. The molecule has 7 nitrogen and oxygen atoms in total. The van der Waals surface area contributed by atoms with Crippen LogP contribution in [0.3, 0.4) is 0 Å². The fourth-order valence-electron chi connectivity index (χ4n) is 5.33. The zero-order valence-corrected chi connectivity index (χ0v) is 25.5. The molecular weight excluding hydrogens is 576 g/mol. The maximum absolute atomic E-state index is 13.6. The maximum atomic E-state index is 13.6. The summed E-state index contributed by atoms with van der Waals surface area (Å²) in [6.07, 6.45) is -5.15. The summed E-state index contributed by atoms with van der Waals surface area (Å²) in [5, 5.41) is 16.1. The van der Waals surface area contributed by atoms with E-state index in [0.29, 0.717) is 51.7 Å². The molecule has 0 radical (unpaired) electrons. The van der Waals surface area contributed by atoms with Crippen LogP contribution in [0.15, 0.2) is 66.7 Å². The van der Waals surface area contributed by atoms with E-state index in [0.717, 1.165) is 11.1 Å². The van der Waals surface area contributed by atoms with E-state index in [1.54, 1.807) is 26.6 Å². The number of imidazole rings is 1. The maximum Gasteiger partial charge on any atom is 0.573 e. The van der Waals surface area contributed by atoms with Crippen LogP contribution in [-0.2, 0) is 11.0 Å². The van der Waals surface area contributed by atoms with Crippen molar-refractivity contribution in [2.75, 3.05) is 12.8 Å². The molecule has 226 valence electrons. The standard InChI is InChI=1S/C32H34F3N4O3P/c1-6-43(5,41)22-15-16-25(27(18-22)42-32(33,34)35)39-20(4)28(19(2)3)30(38-39)23-13-10-14-24-29(23)37-31(36-24)26(40)17-21-11-8-7-9-12-21/h7-16,18-19,26,40H,6,17H2,1-5H3,(H,36,37)/t26-,43-/m0/s1. The Morgan fingerprint density at radius 1 is 1.07 bits per heavy atom. The van der Waals surface area contributed by atoms with Gasteiger partial charge in [0.2, 0.25) is 0 Å². The van der Waals surface area contributed by atoms with Crippen LogP contribution in [0.5, 0.6) is 5.75 Å². The van der Waals surface area contributed by atoms with Gasteiger partial charge in [0.1, 0.15) is 24.8 Å². The van der Waals surface area contributed by atoms with Crippen molar-refractivity contribution in [3.8, 4) is 22.7 Å². The molecule has 0 fully saturated rings. The van der Waals surface area contributed by atoms with Gasteiger partial charge in [0.15, 0.2) is 5.75 Å². The Hall–Kier alpha value is -3.88. The SMILES string of the molecule is CC[P@](C)(=O)c1ccc(-n2nc(-c3cccc4[nH]c([C@@H](O)Cc5ccccc5)nc34)c(C(C)C)c2C)c(OC(F)(F)F)c1. The van der Waals surface area contributed by atoms with E-state index in [-0.39, 0.29) is 11.6 Å². The number of hydrogen-bond acceptors (Lipinski definition) is 5. The Balaban J connectivity index is 1.64. The van der Waals surface area contributed by atoms with Gasteiger partial charge in [-0.1, -0.05) is 63.2 Å². The first-order valence-corrected chi connectivity index (χ1v) is 16.4. The van der Waals surface area contributed by atoms with Gasteiger partial charge in [-0.3, -0.25) is 0 Å². The largest absolute Gasteiger partial charge is 0.573 e. The quantitative estimate of drug-likeness (QED) is 0.167. The minimum Gasteiger partial charge on any atom is -0.403 e. The molecule has 0 saturated heterocycles. The molecule has 2 N–H and O–H groups in total. The monoisotopic (exact) mass is 610 g/mol. The van der Waals surface area contributed by atoms with Gasteiger partial charge < -0.3 is 19.4 Å². The molecule has 0 saturated carbocycles. The fraction of sp³-hybridized carbons (Fsp3) is 0.312. The lowest BCUT2D eigenvalue weighted by molar-refractivity contribution is -0.274. The number of para-hydroxylation sites is 1. The number of rotatable bonds is 9. The lowest BCUT2D eigenvalue weighted by atomic mass is 9.96. The molecule has 0 amide bonds. The first-order chi connectivity index (χ1) is 20.3. The number of aromatic nitrogens is 4. The Morgan fingerprint density at radius 2 is 1.79 bits per heavy atom. The number of nitrogens with one attached hydrogen (secondary N) is 1. The Morgan fingerprint density at radius 3 is 2.44 bits per heavy atom. The molecular formula is C32H34F3N4O3P. The van der Waals surface area contributed by atoms with Crippen molar-refractivity contribution in [1.82, 2.24) is 19.7 Å². The molecule has 43 heavy (non-hydrogen) atoms. The van der Waals surface area contributed by atoms with E-state index in [1.807, 2.05) is 62.4 Å². The van der Waals surface area contributed by atoms with E-state index in [2.05, 4.69) is 9.72 Å². The smallest absolute Gasteiger partial charge is 0.403 e. The lowest BCUT2D eigenvalue weighted by Crippen LogP contribution is -2.20. The van der Waals surface area contributed by atoms with E-state index in [9.17, 15) is 22.8 Å². The number of alkyl halides is 3. The number of aliphatic hydroxyl groups is 1. The number of H-pyrrole nitrogens is 1. The van der Waals surface area contributed by atoms with Crippen LogP contribution >= 0.6 is 7.14 Å². The highest BCUT2D eigenvalue weighted by molar-refractivity contribution is 7.70. The average Bonchev–Trinajstić information content (AvgIpc) is 3.54. The van der Waals surface area contributed by atoms with Crippen molar-refractivity contribution >= 4 is 23.5 Å². The van der Waals surface area contributed by atoms with Gasteiger partial charge in [-0.05, 0) is 49.3 Å². The number of hydrogen-bond donors (Lipinski definition) is 2.